The molecule has 3 N–H and O–H groups in total. The van der Waals surface area contributed by atoms with Gasteiger partial charge in [-0.15, -0.1) is 0 Å². The average Bonchev–Trinajstić information content (AvgIpc) is 3.37. The summed E-state index contributed by atoms with van der Waals surface area (Å²) in [6.45, 7) is 7.27. The third kappa shape index (κ3) is 1.62. The molecule has 2 spiro atoms. The summed E-state index contributed by atoms with van der Waals surface area (Å²) in [6.07, 6.45) is -8.19. The molecule has 0 amide bonds. The molecule has 0 aromatic carbocycles. The molecule has 6 aliphatic rings. The van der Waals surface area contributed by atoms with E-state index >= 15 is 0 Å². The predicted molar refractivity (Wildman–Crippen MR) is 96.6 cm³/mol. The second-order valence-corrected chi connectivity index (χ2v) is 10.8. The first-order chi connectivity index (χ1) is 14.4. The quantitative estimate of drug-likeness (QED) is 0.343. The van der Waals surface area contributed by atoms with Gasteiger partial charge in [-0.25, -0.2) is 14.4 Å². The number of aliphatic hydroxyl groups excluding tert-OH is 3. The Balaban J connectivity index is 1.70. The van der Waals surface area contributed by atoms with E-state index in [1.165, 1.54) is 6.92 Å². The van der Waals surface area contributed by atoms with Crippen molar-refractivity contribution in [1.29, 1.82) is 0 Å². The fourth-order valence-corrected chi connectivity index (χ4v) is 7.66. The van der Waals surface area contributed by atoms with Crippen molar-refractivity contribution in [1.82, 2.24) is 0 Å². The minimum absolute atomic E-state index is 0.100. The van der Waals surface area contributed by atoms with Crippen molar-refractivity contribution in [3.63, 3.8) is 0 Å². The molecule has 3 saturated heterocycles. The highest BCUT2D eigenvalue weighted by Gasteiger charge is 3.00. The van der Waals surface area contributed by atoms with E-state index in [1.807, 2.05) is 20.8 Å². The number of aliphatic hydroxyl groups is 3. The standard InChI is InChI=1S/C21H24O10/c1-6-8-10(28-14(6)25)11(23)20-13-9(22)7(5-18(2,3)4)19(20)12(24)15(26)30-17(19)31-21(8,20)16(27)29-13/h7,9-13,17,22-24H,5H2,1-4H3/t7-,9-,10-,11+,12+,13+,17+,19?,20?,21-/m1/s1. The largest absolute Gasteiger partial charge is 0.456 e. The van der Waals surface area contributed by atoms with Crippen molar-refractivity contribution in [2.24, 2.45) is 22.2 Å². The minimum atomic E-state index is -2.00. The minimum Gasteiger partial charge on any atom is -0.456 e. The molecular weight excluding hydrogens is 412 g/mol. The Morgan fingerprint density at radius 3 is 2.35 bits per heavy atom. The Kier molecular flexibility index (Phi) is 3.26. The van der Waals surface area contributed by atoms with Crippen LogP contribution in [0.1, 0.15) is 34.1 Å². The van der Waals surface area contributed by atoms with Crippen LogP contribution in [0.2, 0.25) is 0 Å². The van der Waals surface area contributed by atoms with Crippen LogP contribution in [0.15, 0.2) is 11.1 Å². The highest BCUT2D eigenvalue weighted by atomic mass is 16.7. The summed E-state index contributed by atoms with van der Waals surface area (Å²) < 4.78 is 22.5. The number of hydrogen-bond donors (Lipinski definition) is 3. The molecule has 2 unspecified atom stereocenters. The molecular formula is C21H24O10. The first kappa shape index (κ1) is 19.7. The van der Waals surface area contributed by atoms with E-state index in [2.05, 4.69) is 0 Å². The van der Waals surface area contributed by atoms with E-state index in [0.717, 1.165) is 0 Å². The lowest BCUT2D eigenvalue weighted by atomic mass is 9.53. The van der Waals surface area contributed by atoms with E-state index < -0.39 is 77.1 Å². The summed E-state index contributed by atoms with van der Waals surface area (Å²) in [5.74, 6) is -3.34. The van der Waals surface area contributed by atoms with Crippen LogP contribution in [0.25, 0.3) is 0 Å². The lowest BCUT2D eigenvalue weighted by Gasteiger charge is -2.44. The molecule has 2 aliphatic carbocycles. The number of ether oxygens (including phenoxy) is 4. The molecule has 31 heavy (non-hydrogen) atoms. The molecule has 0 aromatic rings. The predicted octanol–water partition coefficient (Wildman–Crippen LogP) is -1.06. The monoisotopic (exact) mass is 436 g/mol. The Morgan fingerprint density at radius 1 is 1.03 bits per heavy atom. The van der Waals surface area contributed by atoms with Crippen molar-refractivity contribution in [2.45, 2.75) is 76.5 Å². The van der Waals surface area contributed by atoms with Crippen LogP contribution >= 0.6 is 0 Å². The summed E-state index contributed by atoms with van der Waals surface area (Å²) in [6, 6.07) is 0. The van der Waals surface area contributed by atoms with Gasteiger partial charge in [0.1, 0.15) is 12.2 Å². The Morgan fingerprint density at radius 2 is 1.71 bits per heavy atom. The van der Waals surface area contributed by atoms with E-state index in [-0.39, 0.29) is 16.6 Å². The molecule has 5 fully saturated rings. The molecule has 10 nitrogen and oxygen atoms in total. The van der Waals surface area contributed by atoms with Crippen LogP contribution in [0.3, 0.4) is 0 Å². The van der Waals surface area contributed by atoms with Crippen LogP contribution in [0, 0.1) is 22.2 Å². The maximum Gasteiger partial charge on any atom is 0.344 e. The highest BCUT2D eigenvalue weighted by molar-refractivity contribution is 6.00. The highest BCUT2D eigenvalue weighted by Crippen LogP contribution is 2.82. The second kappa shape index (κ2) is 5.14. The van der Waals surface area contributed by atoms with Gasteiger partial charge < -0.3 is 34.3 Å². The average molecular weight is 436 g/mol. The van der Waals surface area contributed by atoms with Crippen molar-refractivity contribution in [3.05, 3.63) is 11.1 Å². The first-order valence-electron chi connectivity index (χ1n) is 10.4. The summed E-state index contributed by atoms with van der Waals surface area (Å²) in [5.41, 5.74) is -5.57. The Hall–Kier alpha value is -2.01. The van der Waals surface area contributed by atoms with Crippen LogP contribution in [-0.2, 0) is 33.3 Å². The van der Waals surface area contributed by atoms with Crippen molar-refractivity contribution in [3.8, 4) is 0 Å². The van der Waals surface area contributed by atoms with Crippen LogP contribution in [0.4, 0.5) is 0 Å². The topological polar surface area (TPSA) is 149 Å². The summed E-state index contributed by atoms with van der Waals surface area (Å²) in [7, 11) is 0. The van der Waals surface area contributed by atoms with Gasteiger partial charge in [-0.3, -0.25) is 0 Å². The van der Waals surface area contributed by atoms with Gasteiger partial charge in [-0.1, -0.05) is 20.8 Å². The number of fused-ring (bicyclic) bond motifs is 1. The third-order valence-corrected chi connectivity index (χ3v) is 8.37. The smallest absolute Gasteiger partial charge is 0.344 e. The number of rotatable bonds is 1. The SMILES string of the molecule is CC1=C2[C@@H](OC1=O)[C@H](O)C13[C@H]4OC(=O)[C@]21O[C@@H]1OC(=O)[C@H](O)C13[C@H](CC(C)(C)C)[C@H]4O. The lowest BCUT2D eigenvalue weighted by molar-refractivity contribution is -0.191. The number of esters is 3. The zero-order valence-electron chi connectivity index (χ0n) is 17.4. The first-order valence-corrected chi connectivity index (χ1v) is 10.4. The van der Waals surface area contributed by atoms with Gasteiger partial charge in [0.25, 0.3) is 0 Å². The normalized spacial score (nSPS) is 53.9. The van der Waals surface area contributed by atoms with Crippen molar-refractivity contribution < 1.29 is 48.7 Å². The summed E-state index contributed by atoms with van der Waals surface area (Å²) in [4.78, 5) is 38.2. The molecule has 0 aromatic heterocycles. The molecule has 4 heterocycles. The molecule has 10 atom stereocenters. The number of hydrogen-bond acceptors (Lipinski definition) is 10. The van der Waals surface area contributed by atoms with E-state index in [9.17, 15) is 29.7 Å². The third-order valence-electron chi connectivity index (χ3n) is 8.37. The van der Waals surface area contributed by atoms with Crippen LogP contribution in [-0.4, -0.2) is 75.6 Å². The van der Waals surface area contributed by atoms with Crippen molar-refractivity contribution >= 4 is 17.9 Å². The van der Waals surface area contributed by atoms with Crippen LogP contribution < -0.4 is 0 Å². The second-order valence-electron chi connectivity index (χ2n) is 10.8. The van der Waals surface area contributed by atoms with Gasteiger partial charge in [-0.05, 0) is 18.8 Å². The van der Waals surface area contributed by atoms with Crippen LogP contribution in [0.5, 0.6) is 0 Å². The molecule has 6 rings (SSSR count). The molecule has 10 heteroatoms. The molecule has 4 aliphatic heterocycles. The van der Waals surface area contributed by atoms with Gasteiger partial charge in [-0.2, -0.15) is 0 Å². The maximum atomic E-state index is 13.3. The maximum absolute atomic E-state index is 13.3. The van der Waals surface area contributed by atoms with E-state index in [4.69, 9.17) is 18.9 Å². The molecule has 0 bridgehead atoms. The van der Waals surface area contributed by atoms with E-state index in [0.29, 0.717) is 6.42 Å². The van der Waals surface area contributed by atoms with Gasteiger partial charge in [0, 0.05) is 17.1 Å². The Labute approximate surface area is 177 Å². The Bertz CT molecular complexity index is 995. The fourth-order valence-electron chi connectivity index (χ4n) is 7.66. The molecule has 2 saturated carbocycles. The fraction of sp³-hybridized carbons (Fsp3) is 0.762. The molecule has 0 radical (unpaired) electrons. The number of carbonyl (C=O) groups excluding carboxylic acids is 3. The summed E-state index contributed by atoms with van der Waals surface area (Å²) in [5, 5.41) is 34.3. The summed E-state index contributed by atoms with van der Waals surface area (Å²) >= 11 is 0. The zero-order chi connectivity index (χ0) is 22.5. The van der Waals surface area contributed by atoms with Gasteiger partial charge in [0.05, 0.1) is 16.9 Å². The van der Waals surface area contributed by atoms with E-state index in [1.54, 1.807) is 0 Å². The number of carbonyl (C=O) groups is 3. The lowest BCUT2D eigenvalue weighted by Crippen LogP contribution is -2.61. The zero-order valence-corrected chi connectivity index (χ0v) is 17.4. The van der Waals surface area contributed by atoms with Gasteiger partial charge >= 0.3 is 17.9 Å². The molecule has 168 valence electrons. The van der Waals surface area contributed by atoms with Crippen molar-refractivity contribution in [2.75, 3.05) is 0 Å². The van der Waals surface area contributed by atoms with Gasteiger partial charge in [0.15, 0.2) is 12.2 Å². The van der Waals surface area contributed by atoms with Gasteiger partial charge in [0.2, 0.25) is 11.9 Å².